The van der Waals surface area contributed by atoms with E-state index in [1.165, 1.54) is 18.2 Å². The van der Waals surface area contributed by atoms with Crippen molar-refractivity contribution in [1.82, 2.24) is 0 Å². The summed E-state index contributed by atoms with van der Waals surface area (Å²) in [7, 11) is 0. The molecule has 13 heavy (non-hydrogen) atoms. The molecule has 0 radical (unpaired) electrons. The van der Waals surface area contributed by atoms with Gasteiger partial charge in [0.05, 0.1) is 5.69 Å². The summed E-state index contributed by atoms with van der Waals surface area (Å²) in [6.45, 7) is 0. The number of hydrogen-bond donors (Lipinski definition) is 2. The smallest absolute Gasteiger partial charge is 0.303 e. The molecular formula is C9H10FNO2. The molecule has 0 aliphatic carbocycles. The highest BCUT2D eigenvalue weighted by Crippen LogP contribution is 2.13. The number of nitrogen functional groups attached to an aromatic ring is 1. The number of nitrogens with two attached hydrogens (primary N) is 1. The summed E-state index contributed by atoms with van der Waals surface area (Å²) in [5.74, 6) is -1.35. The van der Waals surface area contributed by atoms with Crippen LogP contribution >= 0.6 is 0 Å². The Balaban J connectivity index is 2.68. The van der Waals surface area contributed by atoms with E-state index in [1.807, 2.05) is 0 Å². The lowest BCUT2D eigenvalue weighted by Crippen LogP contribution is -1.99. The van der Waals surface area contributed by atoms with Crippen LogP contribution in [0.25, 0.3) is 0 Å². The Morgan fingerprint density at radius 2 is 2.23 bits per heavy atom. The molecule has 0 spiro atoms. The lowest BCUT2D eigenvalue weighted by molar-refractivity contribution is -0.136. The van der Waals surface area contributed by atoms with Gasteiger partial charge in [0.15, 0.2) is 0 Å². The normalized spacial score (nSPS) is 9.92. The van der Waals surface area contributed by atoms with Crippen LogP contribution in [0.15, 0.2) is 18.2 Å². The van der Waals surface area contributed by atoms with Gasteiger partial charge in [-0.1, -0.05) is 6.07 Å². The van der Waals surface area contributed by atoms with Crippen LogP contribution in [0.4, 0.5) is 10.1 Å². The fourth-order valence-electron chi connectivity index (χ4n) is 1.000. The monoisotopic (exact) mass is 183 g/mol. The molecule has 0 saturated carbocycles. The van der Waals surface area contributed by atoms with Gasteiger partial charge >= 0.3 is 5.97 Å². The van der Waals surface area contributed by atoms with Crippen molar-refractivity contribution in [3.05, 3.63) is 29.6 Å². The zero-order valence-electron chi connectivity index (χ0n) is 6.96. The molecule has 1 rings (SSSR count). The predicted molar refractivity (Wildman–Crippen MR) is 46.8 cm³/mol. The van der Waals surface area contributed by atoms with Crippen molar-refractivity contribution in [3.63, 3.8) is 0 Å². The van der Waals surface area contributed by atoms with Crippen molar-refractivity contribution in [2.24, 2.45) is 0 Å². The van der Waals surface area contributed by atoms with Crippen molar-refractivity contribution >= 4 is 11.7 Å². The van der Waals surface area contributed by atoms with Crippen LogP contribution in [0.2, 0.25) is 0 Å². The number of aliphatic carboxylic acids is 1. The van der Waals surface area contributed by atoms with Crippen molar-refractivity contribution in [2.75, 3.05) is 5.73 Å². The Kier molecular flexibility index (Phi) is 2.84. The Bertz CT molecular complexity index is 325. The number of carboxylic acids is 1. The third-order valence-electron chi connectivity index (χ3n) is 1.69. The van der Waals surface area contributed by atoms with Gasteiger partial charge in [-0.15, -0.1) is 0 Å². The van der Waals surface area contributed by atoms with Gasteiger partial charge in [-0.25, -0.2) is 4.39 Å². The van der Waals surface area contributed by atoms with E-state index in [2.05, 4.69) is 0 Å². The lowest BCUT2D eigenvalue weighted by atomic mass is 10.1. The van der Waals surface area contributed by atoms with E-state index in [0.717, 1.165) is 5.56 Å². The molecule has 0 fully saturated rings. The van der Waals surface area contributed by atoms with E-state index in [1.54, 1.807) is 0 Å². The first kappa shape index (κ1) is 9.51. The van der Waals surface area contributed by atoms with Gasteiger partial charge in [0.25, 0.3) is 0 Å². The minimum Gasteiger partial charge on any atom is -0.481 e. The molecule has 3 N–H and O–H groups in total. The number of aryl methyl sites for hydroxylation is 1. The van der Waals surface area contributed by atoms with Crippen molar-refractivity contribution in [3.8, 4) is 0 Å². The van der Waals surface area contributed by atoms with Gasteiger partial charge in [-0.3, -0.25) is 4.79 Å². The van der Waals surface area contributed by atoms with Crippen LogP contribution in [0.1, 0.15) is 12.0 Å². The number of halogens is 1. The lowest BCUT2D eigenvalue weighted by Gasteiger charge is -2.00. The Hall–Kier alpha value is -1.58. The predicted octanol–water partition coefficient (Wildman–Crippen LogP) is 1.43. The highest BCUT2D eigenvalue weighted by Gasteiger charge is 2.02. The van der Waals surface area contributed by atoms with Crippen LogP contribution in [0.3, 0.4) is 0 Å². The van der Waals surface area contributed by atoms with Gasteiger partial charge in [0.2, 0.25) is 0 Å². The molecule has 0 atom stereocenters. The Labute approximate surface area is 75.0 Å². The number of rotatable bonds is 3. The number of benzene rings is 1. The van der Waals surface area contributed by atoms with Crippen LogP contribution in [-0.4, -0.2) is 11.1 Å². The van der Waals surface area contributed by atoms with Crippen molar-refractivity contribution in [2.45, 2.75) is 12.8 Å². The molecule has 0 aromatic heterocycles. The number of carboxylic acid groups (broad SMARTS) is 1. The average Bonchev–Trinajstić information content (AvgIpc) is 2.07. The Morgan fingerprint density at radius 1 is 1.54 bits per heavy atom. The second-order valence-electron chi connectivity index (χ2n) is 2.75. The average molecular weight is 183 g/mol. The third kappa shape index (κ3) is 2.74. The van der Waals surface area contributed by atoms with Crippen LogP contribution in [0, 0.1) is 5.82 Å². The van der Waals surface area contributed by atoms with Gasteiger partial charge in [-0.2, -0.15) is 0 Å². The maximum Gasteiger partial charge on any atom is 0.303 e. The molecule has 0 amide bonds. The second kappa shape index (κ2) is 3.89. The van der Waals surface area contributed by atoms with Gasteiger partial charge in [0.1, 0.15) is 5.82 Å². The standard InChI is InChI=1S/C9H10FNO2/c10-7-3-1-6(5-8(7)11)2-4-9(12)13/h1,3,5H,2,4,11H2,(H,12,13). The van der Waals surface area contributed by atoms with E-state index >= 15 is 0 Å². The van der Waals surface area contributed by atoms with Crippen molar-refractivity contribution in [1.29, 1.82) is 0 Å². The first-order valence-electron chi connectivity index (χ1n) is 3.85. The fraction of sp³-hybridized carbons (Fsp3) is 0.222. The summed E-state index contributed by atoms with van der Waals surface area (Å²) in [4.78, 5) is 10.2. The van der Waals surface area contributed by atoms with Crippen LogP contribution in [0.5, 0.6) is 0 Å². The maximum absolute atomic E-state index is 12.7. The van der Waals surface area contributed by atoms with Crippen LogP contribution < -0.4 is 5.73 Å². The van der Waals surface area contributed by atoms with E-state index in [-0.39, 0.29) is 12.1 Å². The molecule has 1 aromatic carbocycles. The van der Waals surface area contributed by atoms with E-state index in [4.69, 9.17) is 10.8 Å². The zero-order valence-corrected chi connectivity index (χ0v) is 6.96. The minimum atomic E-state index is -0.872. The quantitative estimate of drug-likeness (QED) is 0.696. The molecule has 1 aromatic rings. The summed E-state index contributed by atoms with van der Waals surface area (Å²) >= 11 is 0. The summed E-state index contributed by atoms with van der Waals surface area (Å²) in [5.41, 5.74) is 6.10. The van der Waals surface area contributed by atoms with Gasteiger partial charge < -0.3 is 10.8 Å². The summed E-state index contributed by atoms with van der Waals surface area (Å²) in [6.07, 6.45) is 0.408. The number of hydrogen-bond acceptors (Lipinski definition) is 2. The Morgan fingerprint density at radius 3 is 2.77 bits per heavy atom. The van der Waals surface area contributed by atoms with E-state index < -0.39 is 11.8 Å². The van der Waals surface area contributed by atoms with E-state index in [0.29, 0.717) is 6.42 Å². The summed E-state index contributed by atoms with van der Waals surface area (Å²) < 4.78 is 12.7. The highest BCUT2D eigenvalue weighted by atomic mass is 19.1. The third-order valence-corrected chi connectivity index (χ3v) is 1.69. The van der Waals surface area contributed by atoms with Gasteiger partial charge in [0, 0.05) is 6.42 Å². The highest BCUT2D eigenvalue weighted by molar-refractivity contribution is 5.67. The molecule has 0 heterocycles. The van der Waals surface area contributed by atoms with E-state index in [9.17, 15) is 9.18 Å². The minimum absolute atomic E-state index is 0.0328. The summed E-state index contributed by atoms with van der Waals surface area (Å²) in [5, 5.41) is 8.39. The second-order valence-corrected chi connectivity index (χ2v) is 2.75. The van der Waals surface area contributed by atoms with Crippen molar-refractivity contribution < 1.29 is 14.3 Å². The molecule has 0 unspecified atom stereocenters. The topological polar surface area (TPSA) is 63.3 Å². The molecule has 0 saturated heterocycles. The molecule has 3 nitrogen and oxygen atoms in total. The molecule has 4 heteroatoms. The van der Waals surface area contributed by atoms with Gasteiger partial charge in [-0.05, 0) is 24.1 Å². The summed E-state index contributed by atoms with van der Waals surface area (Å²) in [6, 6.07) is 4.24. The number of anilines is 1. The number of carbonyl (C=O) groups is 1. The first-order valence-corrected chi connectivity index (χ1v) is 3.85. The molecule has 0 bridgehead atoms. The zero-order chi connectivity index (χ0) is 9.84. The SMILES string of the molecule is Nc1cc(CCC(=O)O)ccc1F. The first-order chi connectivity index (χ1) is 6.09. The largest absolute Gasteiger partial charge is 0.481 e. The molecular weight excluding hydrogens is 173 g/mol. The fourth-order valence-corrected chi connectivity index (χ4v) is 1.000. The van der Waals surface area contributed by atoms with Crippen LogP contribution in [-0.2, 0) is 11.2 Å². The molecule has 0 aliphatic heterocycles. The maximum atomic E-state index is 12.7. The molecule has 70 valence electrons. The molecule has 0 aliphatic rings.